The molecule has 15 heteroatoms. The number of hydrogen-bond donors (Lipinski definition) is 0. The van der Waals surface area contributed by atoms with E-state index in [0.29, 0.717) is 17.4 Å². The van der Waals surface area contributed by atoms with Crippen LogP contribution >= 0.6 is 0 Å². The Morgan fingerprint density at radius 3 is 0.662 bits per heavy atom. The van der Waals surface area contributed by atoms with Crippen molar-refractivity contribution in [3.63, 3.8) is 0 Å². The van der Waals surface area contributed by atoms with Crippen LogP contribution in [0.5, 0.6) is 34.5 Å². The summed E-state index contributed by atoms with van der Waals surface area (Å²) in [5.41, 5.74) is -0.274. The summed E-state index contributed by atoms with van der Waals surface area (Å²) in [5.74, 6) is 5.09. The molecule has 15 aromatic carbocycles. The van der Waals surface area contributed by atoms with Gasteiger partial charge in [-0.1, -0.05) is 185 Å². The van der Waals surface area contributed by atoms with Crippen LogP contribution in [0.15, 0.2) is 486 Å². The van der Waals surface area contributed by atoms with E-state index in [1.165, 1.54) is 74.1 Å². The molecule has 1 atom stereocenters. The van der Waals surface area contributed by atoms with Gasteiger partial charge in [-0.3, -0.25) is 0 Å². The van der Waals surface area contributed by atoms with Gasteiger partial charge in [-0.05, 0) is 383 Å². The second kappa shape index (κ2) is 51.1. The molecule has 0 radical (unpaired) electrons. The zero-order valence-corrected chi connectivity index (χ0v) is 86.1. The van der Waals surface area contributed by atoms with E-state index in [0.717, 1.165) is 53.8 Å². The average Bonchev–Trinajstić information content (AvgIpc) is 0.767. The van der Waals surface area contributed by atoms with Crippen molar-refractivity contribution in [2.24, 2.45) is 5.92 Å². The Labute approximate surface area is 824 Å². The van der Waals surface area contributed by atoms with Gasteiger partial charge in [0.15, 0.2) is 80.0 Å². The van der Waals surface area contributed by atoms with Gasteiger partial charge in [0, 0.05) is 0 Å². The standard InChI is InChI=1S/C26H31O2S.C26H31OS.C24H25O3S.C23H23O3S.C22H23OS/c1-25(2,3)27-20-12-16-23(17-13-20)29(22-10-8-7-9-11-22)24-18-14-21(15-19-24)28-26(4,5)6;1-20(2)19-21-11-15-24(16-12-21)28(23-9-7-6-8-10-23)25-17-13-22(14-18-25)27-26(3,4)5;1-24(2,3)27-23(25)18-26-19-14-16-22(17-15-19)28(20-10-6-4-7-11-20)21-12-8-5-9-13-21;1-23(2,3)26-22(24)25-18-14-16-21(17-15-18)27(19-10-6-4-7-11-19)20-12-8-5-9-13-20;1-2-3-18-23-19-14-16-22(17-15-19)24(20-10-6-4-7-11-20)21-12-8-5-9-13-21/h7-19H,1-6H3;6-18,20H,19H2,1-5H3;4-17H,18H2,1-3H3;4-17H,1-3H3;4-17H,2-3,18H2,1H3/q5*+1. The number of hydrogen-bond acceptors (Lipinski definition) is 10. The third-order valence-corrected chi connectivity index (χ3v) is 30.6. The Morgan fingerprint density at radius 2 is 0.449 bits per heavy atom. The first-order valence-electron chi connectivity index (χ1n) is 46.4. The van der Waals surface area contributed by atoms with Gasteiger partial charge in [0.1, 0.15) is 62.5 Å². The van der Waals surface area contributed by atoms with Crippen LogP contribution in [0.3, 0.4) is 0 Å². The van der Waals surface area contributed by atoms with E-state index in [9.17, 15) is 9.59 Å². The number of unbranched alkanes of at least 4 members (excludes halogenated alkanes) is 1. The van der Waals surface area contributed by atoms with E-state index >= 15 is 0 Å². The summed E-state index contributed by atoms with van der Waals surface area (Å²) in [4.78, 5) is 42.8. The molecule has 0 bridgehead atoms. The summed E-state index contributed by atoms with van der Waals surface area (Å²) < 4.78 is 45.1. The summed E-state index contributed by atoms with van der Waals surface area (Å²) >= 11 is 0. The molecular formula is C121H133O10S5+5. The smallest absolute Gasteiger partial charge is 0.494 e. The van der Waals surface area contributed by atoms with Gasteiger partial charge in [-0.2, -0.15) is 0 Å². The lowest BCUT2D eigenvalue weighted by atomic mass is 10.0. The Morgan fingerprint density at radius 1 is 0.243 bits per heavy atom. The van der Waals surface area contributed by atoms with Crippen LogP contribution in [0.4, 0.5) is 4.79 Å². The minimum absolute atomic E-state index is 0.0858. The van der Waals surface area contributed by atoms with Crippen LogP contribution in [0.2, 0.25) is 0 Å². The molecule has 1 unspecified atom stereocenters. The van der Waals surface area contributed by atoms with E-state index in [4.69, 9.17) is 37.9 Å². The number of carbonyl (C=O) groups is 2. The molecular weight excluding hydrogens is 1770 g/mol. The maximum Gasteiger partial charge on any atom is 0.514 e. The largest absolute Gasteiger partial charge is 0.514 e. The van der Waals surface area contributed by atoms with Crippen molar-refractivity contribution in [2.75, 3.05) is 13.2 Å². The zero-order chi connectivity index (χ0) is 97.1. The second-order valence-electron chi connectivity index (χ2n) is 37.4. The van der Waals surface area contributed by atoms with Crippen LogP contribution in [-0.4, -0.2) is 53.3 Å². The molecule has 0 spiro atoms. The quantitative estimate of drug-likeness (QED) is 0.0204. The first-order valence-corrected chi connectivity index (χ1v) is 52.5. The highest BCUT2D eigenvalue weighted by molar-refractivity contribution is 7.98. The summed E-state index contributed by atoms with van der Waals surface area (Å²) in [6.07, 6.45) is 2.68. The number of esters is 1. The number of carbonyl (C=O) groups excluding carboxylic acids is 2. The molecule has 0 amide bonds. The Bertz CT molecular complexity index is 5800. The molecule has 0 heterocycles. The Hall–Kier alpha value is -12.2. The van der Waals surface area contributed by atoms with Crippen molar-refractivity contribution in [2.45, 2.75) is 245 Å². The van der Waals surface area contributed by atoms with Gasteiger partial charge in [0.25, 0.3) is 0 Å². The van der Waals surface area contributed by atoms with E-state index < -0.39 is 17.4 Å². The average molecular weight is 1910 g/mol. The molecule has 0 fully saturated rings. The minimum atomic E-state index is -0.694. The maximum absolute atomic E-state index is 11.8. The number of ether oxygens (including phenoxy) is 8. The van der Waals surface area contributed by atoms with Crippen LogP contribution in [0, 0.1) is 5.92 Å². The fourth-order valence-electron chi connectivity index (χ4n) is 13.9. The molecule has 136 heavy (non-hydrogen) atoms. The third-order valence-electron chi connectivity index (χ3n) is 19.4. The molecule has 0 aliphatic carbocycles. The molecule has 0 saturated heterocycles. The third kappa shape index (κ3) is 35.2. The molecule has 0 aliphatic rings. The van der Waals surface area contributed by atoms with Crippen molar-refractivity contribution >= 4 is 66.6 Å². The first kappa shape index (κ1) is 104. The van der Waals surface area contributed by atoms with Crippen molar-refractivity contribution in [3.05, 3.63) is 418 Å². The fourth-order valence-corrected chi connectivity index (χ4v) is 24.3. The van der Waals surface area contributed by atoms with Gasteiger partial charge in [0.05, 0.1) is 61.1 Å². The highest BCUT2D eigenvalue weighted by Gasteiger charge is 2.35. The SMILES string of the molecule is CC(C)(C)OC(=O)COc1ccc([S+](c2ccccc2)c2ccccc2)cc1.CC(C)(C)OC(=O)Oc1ccc([S+](c2ccccc2)c2ccccc2)cc1.CC(C)(C)Oc1ccc([S+](c2ccccc2)c2ccc(OC(C)(C)C)cc2)cc1.CC(C)Cc1ccc([S+](c2ccccc2)c2ccc(OC(C)(C)C)cc2)cc1.CCCCOc1ccc([S+](c2ccccc2)c2ccccc2)cc1. The molecule has 10 nitrogen and oxygen atoms in total. The molecule has 0 aliphatic heterocycles. The van der Waals surface area contributed by atoms with E-state index in [1.807, 2.05) is 102 Å². The molecule has 0 N–H and O–H groups in total. The summed E-state index contributed by atoms with van der Waals surface area (Å²) in [7, 11) is -0.816. The van der Waals surface area contributed by atoms with E-state index in [2.05, 4.69) is 435 Å². The monoisotopic (exact) mass is 1910 g/mol. The van der Waals surface area contributed by atoms with E-state index in [-0.39, 0.29) is 83.9 Å². The van der Waals surface area contributed by atoms with Crippen molar-refractivity contribution in [3.8, 4) is 34.5 Å². The van der Waals surface area contributed by atoms with Crippen LogP contribution in [0.1, 0.15) is 143 Å². The molecule has 702 valence electrons. The maximum atomic E-state index is 11.8. The van der Waals surface area contributed by atoms with Gasteiger partial charge in [-0.25, -0.2) is 9.59 Å². The lowest BCUT2D eigenvalue weighted by molar-refractivity contribution is -0.157. The fraction of sp³-hybridized carbons (Fsp3) is 0.240. The summed E-state index contributed by atoms with van der Waals surface area (Å²) in [5, 5.41) is 0. The normalized spacial score (nSPS) is 11.7. The predicted octanol–water partition coefficient (Wildman–Crippen LogP) is 31.9. The Balaban J connectivity index is 0.000000163. The van der Waals surface area contributed by atoms with Gasteiger partial charge >= 0.3 is 12.1 Å². The molecule has 15 aromatic rings. The predicted molar refractivity (Wildman–Crippen MR) is 566 cm³/mol. The Kier molecular flexibility index (Phi) is 39.2. The minimum Gasteiger partial charge on any atom is -0.494 e. The number of benzene rings is 15. The summed E-state index contributed by atoms with van der Waals surface area (Å²) in [6.45, 7) is 37.0. The van der Waals surface area contributed by atoms with E-state index in [1.54, 1.807) is 0 Å². The van der Waals surface area contributed by atoms with Gasteiger partial charge in [0.2, 0.25) is 0 Å². The van der Waals surface area contributed by atoms with Crippen molar-refractivity contribution in [1.29, 1.82) is 0 Å². The lowest BCUT2D eigenvalue weighted by Crippen LogP contribution is -2.27. The van der Waals surface area contributed by atoms with Crippen LogP contribution < -0.4 is 28.4 Å². The lowest BCUT2D eigenvalue weighted by Gasteiger charge is -2.21. The zero-order valence-electron chi connectivity index (χ0n) is 82.0. The van der Waals surface area contributed by atoms with Crippen LogP contribution in [0.25, 0.3) is 0 Å². The van der Waals surface area contributed by atoms with Crippen molar-refractivity contribution < 1.29 is 47.5 Å². The second-order valence-corrected chi connectivity index (χ2v) is 47.5. The van der Waals surface area contributed by atoms with Crippen LogP contribution in [-0.2, 0) is 75.2 Å². The van der Waals surface area contributed by atoms with Crippen molar-refractivity contribution in [1.82, 2.24) is 0 Å². The first-order chi connectivity index (χ1) is 65.1. The molecule has 15 rings (SSSR count). The highest BCUT2D eigenvalue weighted by atomic mass is 32.2. The highest BCUT2D eigenvalue weighted by Crippen LogP contribution is 2.40. The molecule has 0 aromatic heterocycles. The molecule has 0 saturated carbocycles. The topological polar surface area (TPSA) is 108 Å². The van der Waals surface area contributed by atoms with Gasteiger partial charge in [-0.15, -0.1) is 0 Å². The summed E-state index contributed by atoms with van der Waals surface area (Å²) in [6, 6.07) is 144. The number of rotatable bonds is 28. The van der Waals surface area contributed by atoms with Gasteiger partial charge < -0.3 is 37.9 Å².